The molecule has 0 saturated carbocycles. The van der Waals surface area contributed by atoms with Crippen LogP contribution in [0.2, 0.25) is 0 Å². The molecular formula is C15H19N7. The van der Waals surface area contributed by atoms with E-state index in [4.69, 9.17) is 0 Å². The van der Waals surface area contributed by atoms with E-state index in [9.17, 15) is 0 Å². The third-order valence-corrected chi connectivity index (χ3v) is 3.38. The average Bonchev–Trinajstić information content (AvgIpc) is 2.97. The Kier molecular flexibility index (Phi) is 4.13. The fourth-order valence-corrected chi connectivity index (χ4v) is 2.29. The first-order valence-corrected chi connectivity index (χ1v) is 7.40. The SMILES string of the molecule is CCNc1cc(CNc2ncnc3c2ncn3CC)ccn1. The normalized spacial score (nSPS) is 10.8. The molecule has 22 heavy (non-hydrogen) atoms. The molecule has 7 nitrogen and oxygen atoms in total. The molecule has 0 unspecified atom stereocenters. The third kappa shape index (κ3) is 2.83. The molecule has 114 valence electrons. The highest BCUT2D eigenvalue weighted by molar-refractivity contribution is 5.82. The number of anilines is 2. The van der Waals surface area contributed by atoms with Gasteiger partial charge >= 0.3 is 0 Å². The van der Waals surface area contributed by atoms with Gasteiger partial charge in [0.1, 0.15) is 17.7 Å². The Morgan fingerprint density at radius 3 is 2.82 bits per heavy atom. The summed E-state index contributed by atoms with van der Waals surface area (Å²) < 4.78 is 2.00. The van der Waals surface area contributed by atoms with E-state index >= 15 is 0 Å². The van der Waals surface area contributed by atoms with Gasteiger partial charge < -0.3 is 15.2 Å². The smallest absolute Gasteiger partial charge is 0.165 e. The fourth-order valence-electron chi connectivity index (χ4n) is 2.29. The number of rotatable bonds is 6. The van der Waals surface area contributed by atoms with Crippen molar-refractivity contribution in [3.63, 3.8) is 0 Å². The van der Waals surface area contributed by atoms with Crippen LogP contribution in [0.3, 0.4) is 0 Å². The van der Waals surface area contributed by atoms with Crippen LogP contribution in [0.5, 0.6) is 0 Å². The molecule has 3 aromatic rings. The number of fused-ring (bicyclic) bond motifs is 1. The second-order valence-electron chi connectivity index (χ2n) is 4.86. The molecule has 0 aliphatic carbocycles. The van der Waals surface area contributed by atoms with Gasteiger partial charge in [-0.05, 0) is 31.5 Å². The summed E-state index contributed by atoms with van der Waals surface area (Å²) in [4.78, 5) is 17.3. The summed E-state index contributed by atoms with van der Waals surface area (Å²) in [7, 11) is 0. The summed E-state index contributed by atoms with van der Waals surface area (Å²) in [5.74, 6) is 1.63. The van der Waals surface area contributed by atoms with Crippen molar-refractivity contribution in [2.45, 2.75) is 26.9 Å². The van der Waals surface area contributed by atoms with Crippen molar-refractivity contribution in [2.75, 3.05) is 17.2 Å². The van der Waals surface area contributed by atoms with Crippen LogP contribution in [0.25, 0.3) is 11.2 Å². The van der Waals surface area contributed by atoms with Crippen LogP contribution in [0.1, 0.15) is 19.4 Å². The van der Waals surface area contributed by atoms with E-state index in [2.05, 4.69) is 37.5 Å². The minimum absolute atomic E-state index is 0.659. The number of hydrogen-bond acceptors (Lipinski definition) is 6. The molecule has 0 atom stereocenters. The van der Waals surface area contributed by atoms with Crippen LogP contribution >= 0.6 is 0 Å². The van der Waals surface area contributed by atoms with Gasteiger partial charge in [0.15, 0.2) is 11.5 Å². The first kappa shape index (κ1) is 14.2. The van der Waals surface area contributed by atoms with Crippen LogP contribution in [0.4, 0.5) is 11.6 Å². The van der Waals surface area contributed by atoms with E-state index < -0.39 is 0 Å². The molecule has 3 aromatic heterocycles. The summed E-state index contributed by atoms with van der Waals surface area (Å²) in [5, 5.41) is 6.53. The minimum atomic E-state index is 0.659. The molecule has 0 amide bonds. The minimum Gasteiger partial charge on any atom is -0.370 e. The summed E-state index contributed by atoms with van der Waals surface area (Å²) in [5.41, 5.74) is 2.78. The maximum Gasteiger partial charge on any atom is 0.165 e. The van der Waals surface area contributed by atoms with E-state index in [1.165, 1.54) is 0 Å². The Morgan fingerprint density at radius 1 is 1.09 bits per heavy atom. The fraction of sp³-hybridized carbons (Fsp3) is 0.333. The van der Waals surface area contributed by atoms with Gasteiger partial charge in [-0.25, -0.2) is 19.9 Å². The van der Waals surface area contributed by atoms with Gasteiger partial charge in [0.2, 0.25) is 0 Å². The second kappa shape index (κ2) is 6.38. The molecule has 0 radical (unpaired) electrons. The Morgan fingerprint density at radius 2 is 2.00 bits per heavy atom. The van der Waals surface area contributed by atoms with E-state index in [1.807, 2.05) is 23.6 Å². The first-order valence-electron chi connectivity index (χ1n) is 7.40. The molecule has 3 rings (SSSR count). The molecule has 3 heterocycles. The molecule has 0 bridgehead atoms. The maximum atomic E-state index is 4.40. The standard InChI is InChI=1S/C15H19N7/c1-3-16-12-7-11(5-6-17-12)8-18-14-13-15(20-9-19-14)22(4-2)10-21-13/h5-7,9-10H,3-4,8H2,1-2H3,(H,16,17)(H,18,19,20). The molecule has 2 N–H and O–H groups in total. The predicted octanol–water partition coefficient (Wildman–Crippen LogP) is 2.29. The van der Waals surface area contributed by atoms with Crippen molar-refractivity contribution < 1.29 is 0 Å². The molecular weight excluding hydrogens is 278 g/mol. The highest BCUT2D eigenvalue weighted by Gasteiger charge is 2.09. The molecule has 0 aromatic carbocycles. The number of nitrogens with one attached hydrogen (secondary N) is 2. The lowest BCUT2D eigenvalue weighted by atomic mass is 10.2. The monoisotopic (exact) mass is 297 g/mol. The number of aromatic nitrogens is 5. The van der Waals surface area contributed by atoms with Gasteiger partial charge in [-0.1, -0.05) is 0 Å². The van der Waals surface area contributed by atoms with Crippen LogP contribution in [-0.2, 0) is 13.1 Å². The summed E-state index contributed by atoms with van der Waals surface area (Å²) in [6.07, 6.45) is 5.16. The van der Waals surface area contributed by atoms with Gasteiger partial charge in [-0.2, -0.15) is 0 Å². The Hall–Kier alpha value is -2.70. The number of nitrogens with zero attached hydrogens (tertiary/aromatic N) is 5. The van der Waals surface area contributed by atoms with Crippen LogP contribution in [0.15, 0.2) is 31.0 Å². The second-order valence-corrected chi connectivity index (χ2v) is 4.86. The maximum absolute atomic E-state index is 4.40. The van der Waals surface area contributed by atoms with Crippen molar-refractivity contribution in [1.29, 1.82) is 0 Å². The number of aryl methyl sites for hydroxylation is 1. The zero-order valence-corrected chi connectivity index (χ0v) is 12.7. The summed E-state index contributed by atoms with van der Waals surface area (Å²) in [6, 6.07) is 4.01. The van der Waals surface area contributed by atoms with Crippen molar-refractivity contribution in [2.24, 2.45) is 0 Å². The summed E-state index contributed by atoms with van der Waals surface area (Å²) >= 11 is 0. The number of imidazole rings is 1. The lowest BCUT2D eigenvalue weighted by Gasteiger charge is -2.08. The van der Waals surface area contributed by atoms with Gasteiger partial charge in [0, 0.05) is 25.8 Å². The zero-order chi connectivity index (χ0) is 15.4. The Balaban J connectivity index is 1.79. The van der Waals surface area contributed by atoms with Gasteiger partial charge in [-0.3, -0.25) is 0 Å². The Labute approximate surface area is 128 Å². The van der Waals surface area contributed by atoms with E-state index in [-0.39, 0.29) is 0 Å². The Bertz CT molecular complexity index is 765. The largest absolute Gasteiger partial charge is 0.370 e. The predicted molar refractivity (Wildman–Crippen MR) is 86.7 cm³/mol. The van der Waals surface area contributed by atoms with E-state index in [0.717, 1.165) is 41.5 Å². The molecule has 0 spiro atoms. The van der Waals surface area contributed by atoms with Crippen LogP contribution in [0, 0.1) is 0 Å². The van der Waals surface area contributed by atoms with Gasteiger partial charge in [-0.15, -0.1) is 0 Å². The van der Waals surface area contributed by atoms with Crippen LogP contribution < -0.4 is 10.6 Å². The quantitative estimate of drug-likeness (QED) is 0.726. The number of hydrogen-bond donors (Lipinski definition) is 2. The van der Waals surface area contributed by atoms with Crippen LogP contribution in [-0.4, -0.2) is 31.0 Å². The highest BCUT2D eigenvalue weighted by Crippen LogP contribution is 2.18. The first-order chi connectivity index (χ1) is 10.8. The summed E-state index contributed by atoms with van der Waals surface area (Å²) in [6.45, 7) is 6.46. The van der Waals surface area contributed by atoms with Gasteiger partial charge in [0.05, 0.1) is 6.33 Å². The van der Waals surface area contributed by atoms with Gasteiger partial charge in [0.25, 0.3) is 0 Å². The lowest BCUT2D eigenvalue weighted by molar-refractivity contribution is 0.777. The number of pyridine rings is 1. The molecule has 0 saturated heterocycles. The molecule has 7 heteroatoms. The van der Waals surface area contributed by atoms with Crippen molar-refractivity contribution in [3.8, 4) is 0 Å². The third-order valence-electron chi connectivity index (χ3n) is 3.38. The van der Waals surface area contributed by atoms with E-state index in [0.29, 0.717) is 6.54 Å². The van der Waals surface area contributed by atoms with E-state index in [1.54, 1.807) is 18.9 Å². The van der Waals surface area contributed by atoms with Crippen molar-refractivity contribution >= 4 is 22.8 Å². The molecule has 0 aliphatic rings. The van der Waals surface area contributed by atoms with Crippen molar-refractivity contribution in [3.05, 3.63) is 36.5 Å². The van der Waals surface area contributed by atoms with Crippen molar-refractivity contribution in [1.82, 2.24) is 24.5 Å². The average molecular weight is 297 g/mol. The molecule has 0 aliphatic heterocycles. The zero-order valence-electron chi connectivity index (χ0n) is 12.7. The lowest BCUT2D eigenvalue weighted by Crippen LogP contribution is -2.05. The highest BCUT2D eigenvalue weighted by atomic mass is 15.1. The topological polar surface area (TPSA) is 80.5 Å². The molecule has 0 fully saturated rings.